The van der Waals surface area contributed by atoms with Crippen LogP contribution in [0.4, 0.5) is 10.6 Å². The third-order valence-corrected chi connectivity index (χ3v) is 4.62. The van der Waals surface area contributed by atoms with Crippen LogP contribution in [0.3, 0.4) is 0 Å². The van der Waals surface area contributed by atoms with Gasteiger partial charge in [0.2, 0.25) is 0 Å². The second-order valence-electron chi connectivity index (χ2n) is 6.68. The first-order valence-electron chi connectivity index (χ1n) is 9.11. The molecule has 1 atom stereocenters. The second kappa shape index (κ2) is 8.55. The summed E-state index contributed by atoms with van der Waals surface area (Å²) < 4.78 is 1.63. The summed E-state index contributed by atoms with van der Waals surface area (Å²) in [6.45, 7) is 0.963. The monoisotopic (exact) mass is 385 g/mol. The molecule has 0 bridgehead atoms. The molecule has 1 saturated heterocycles. The lowest BCUT2D eigenvalue weighted by Gasteiger charge is -2.31. The van der Waals surface area contributed by atoms with Crippen LogP contribution in [0.5, 0.6) is 0 Å². The number of carbonyl (C=O) groups is 3. The molecule has 28 heavy (non-hydrogen) atoms. The van der Waals surface area contributed by atoms with Crippen molar-refractivity contribution in [3.05, 3.63) is 47.7 Å². The number of hydrogen-bond donors (Lipinski definition) is 3. The maximum atomic E-state index is 12.6. The fourth-order valence-electron chi connectivity index (χ4n) is 3.13. The van der Waals surface area contributed by atoms with Crippen LogP contribution in [0.1, 0.15) is 28.8 Å². The normalized spacial score (nSPS) is 16.7. The van der Waals surface area contributed by atoms with Gasteiger partial charge in [-0.15, -0.1) is 0 Å². The first-order valence-corrected chi connectivity index (χ1v) is 9.11. The number of amides is 3. The summed E-state index contributed by atoms with van der Waals surface area (Å²) in [5, 5.41) is 18.6. The minimum absolute atomic E-state index is 0.163. The molecule has 0 spiro atoms. The second-order valence-corrected chi connectivity index (χ2v) is 6.68. The van der Waals surface area contributed by atoms with E-state index < -0.39 is 18.0 Å². The van der Waals surface area contributed by atoms with Crippen LogP contribution in [0.2, 0.25) is 0 Å². The molecular formula is C19H23N5O4. The van der Waals surface area contributed by atoms with Crippen molar-refractivity contribution < 1.29 is 19.5 Å². The van der Waals surface area contributed by atoms with Crippen molar-refractivity contribution in [1.29, 1.82) is 0 Å². The van der Waals surface area contributed by atoms with Crippen LogP contribution in [0.25, 0.3) is 0 Å². The van der Waals surface area contributed by atoms with Gasteiger partial charge in [-0.05, 0) is 37.0 Å². The lowest BCUT2D eigenvalue weighted by molar-refractivity contribution is -0.121. The van der Waals surface area contributed by atoms with E-state index in [0.717, 1.165) is 12.0 Å². The summed E-state index contributed by atoms with van der Waals surface area (Å²) in [4.78, 5) is 37.2. The Morgan fingerprint density at radius 1 is 1.25 bits per heavy atom. The maximum absolute atomic E-state index is 12.6. The van der Waals surface area contributed by atoms with Gasteiger partial charge >= 0.3 is 12.0 Å². The fourth-order valence-corrected chi connectivity index (χ4v) is 3.13. The highest BCUT2D eigenvalue weighted by Crippen LogP contribution is 2.19. The number of carbonyl (C=O) groups excluding carboxylic acids is 2. The number of hydrogen-bond acceptors (Lipinski definition) is 4. The Morgan fingerprint density at radius 3 is 2.64 bits per heavy atom. The van der Waals surface area contributed by atoms with Crippen LogP contribution >= 0.6 is 0 Å². The van der Waals surface area contributed by atoms with Crippen LogP contribution in [-0.4, -0.2) is 51.9 Å². The van der Waals surface area contributed by atoms with Gasteiger partial charge in [0.05, 0.1) is 5.56 Å². The molecule has 1 unspecified atom stereocenters. The minimum Gasteiger partial charge on any atom is -0.478 e. The molecule has 1 aromatic carbocycles. The molecule has 2 aromatic rings. The van der Waals surface area contributed by atoms with E-state index in [1.165, 1.54) is 12.1 Å². The molecule has 9 nitrogen and oxygen atoms in total. The molecule has 2 heterocycles. The van der Waals surface area contributed by atoms with Gasteiger partial charge in [0.1, 0.15) is 6.04 Å². The Labute approximate surface area is 162 Å². The number of nitrogens with zero attached hydrogens (tertiary/aromatic N) is 3. The van der Waals surface area contributed by atoms with Crippen molar-refractivity contribution >= 4 is 23.7 Å². The van der Waals surface area contributed by atoms with Gasteiger partial charge in [-0.3, -0.25) is 14.4 Å². The summed E-state index contributed by atoms with van der Waals surface area (Å²) in [5.74, 6) is -0.547. The van der Waals surface area contributed by atoms with Crippen molar-refractivity contribution in [2.45, 2.75) is 25.3 Å². The van der Waals surface area contributed by atoms with E-state index in [2.05, 4.69) is 15.7 Å². The van der Waals surface area contributed by atoms with Crippen molar-refractivity contribution in [3.63, 3.8) is 0 Å². The Morgan fingerprint density at radius 2 is 2.00 bits per heavy atom. The summed E-state index contributed by atoms with van der Waals surface area (Å²) in [7, 11) is 1.79. The zero-order chi connectivity index (χ0) is 20.1. The average molecular weight is 385 g/mol. The molecule has 3 rings (SSSR count). The number of piperidine rings is 1. The molecule has 3 amide bonds. The molecule has 1 fully saturated rings. The number of aryl methyl sites for hydroxylation is 1. The quantitative estimate of drug-likeness (QED) is 0.690. The summed E-state index contributed by atoms with van der Waals surface area (Å²) >= 11 is 0. The van der Waals surface area contributed by atoms with E-state index in [-0.39, 0.29) is 11.5 Å². The van der Waals surface area contributed by atoms with Crippen LogP contribution in [-0.2, 0) is 18.3 Å². The van der Waals surface area contributed by atoms with Crippen molar-refractivity contribution in [2.75, 3.05) is 18.0 Å². The molecule has 3 N–H and O–H groups in total. The molecule has 0 radical (unpaired) electrons. The van der Waals surface area contributed by atoms with Crippen molar-refractivity contribution in [1.82, 2.24) is 20.4 Å². The molecule has 1 aliphatic heterocycles. The topological polar surface area (TPSA) is 117 Å². The van der Waals surface area contributed by atoms with Gasteiger partial charge in [0, 0.05) is 32.4 Å². The number of aromatic nitrogens is 2. The molecule has 1 aliphatic rings. The van der Waals surface area contributed by atoms with Gasteiger partial charge in [0.25, 0.3) is 5.91 Å². The number of rotatable bonds is 6. The Bertz CT molecular complexity index is 861. The molecule has 0 saturated carbocycles. The lowest BCUT2D eigenvalue weighted by atomic mass is 10.1. The van der Waals surface area contributed by atoms with Gasteiger partial charge in [-0.2, -0.15) is 5.10 Å². The van der Waals surface area contributed by atoms with Crippen LogP contribution in [0.15, 0.2) is 36.5 Å². The fraction of sp³-hybridized carbons (Fsp3) is 0.368. The number of aromatic carboxylic acids is 1. The highest BCUT2D eigenvalue weighted by molar-refractivity contribution is 5.99. The summed E-state index contributed by atoms with van der Waals surface area (Å²) in [6, 6.07) is 7.30. The Balaban J connectivity index is 1.47. The largest absolute Gasteiger partial charge is 0.478 e. The van der Waals surface area contributed by atoms with E-state index in [1.54, 1.807) is 41.0 Å². The smallest absolute Gasteiger partial charge is 0.335 e. The standard InChI is InChI=1S/C19H23N5O4/c1-23-12-9-16(22-23)24-11-2-3-15(17(24)25)21-19(28)20-10-8-13-4-6-14(7-5-13)18(26)27/h4-7,9,12,15H,2-3,8,10-11H2,1H3,(H,26,27)(H2,20,21,28). The van der Waals surface area contributed by atoms with E-state index >= 15 is 0 Å². The third kappa shape index (κ3) is 4.67. The average Bonchev–Trinajstić information content (AvgIpc) is 3.10. The molecule has 1 aromatic heterocycles. The zero-order valence-electron chi connectivity index (χ0n) is 15.6. The minimum atomic E-state index is -0.971. The predicted molar refractivity (Wildman–Crippen MR) is 102 cm³/mol. The number of nitrogens with one attached hydrogen (secondary N) is 2. The first-order chi connectivity index (χ1) is 13.4. The van der Waals surface area contributed by atoms with E-state index in [0.29, 0.717) is 31.7 Å². The molecular weight excluding hydrogens is 362 g/mol. The van der Waals surface area contributed by atoms with Gasteiger partial charge < -0.3 is 15.7 Å². The van der Waals surface area contributed by atoms with Gasteiger partial charge in [-0.25, -0.2) is 9.59 Å². The maximum Gasteiger partial charge on any atom is 0.335 e. The van der Waals surface area contributed by atoms with E-state index in [9.17, 15) is 14.4 Å². The number of benzene rings is 1. The van der Waals surface area contributed by atoms with Gasteiger partial charge in [0.15, 0.2) is 5.82 Å². The number of carboxylic acid groups (broad SMARTS) is 1. The lowest BCUT2D eigenvalue weighted by Crippen LogP contribution is -2.54. The SMILES string of the molecule is Cn1ccc(N2CCCC(NC(=O)NCCc3ccc(C(=O)O)cc3)C2=O)n1. The molecule has 0 aliphatic carbocycles. The van der Waals surface area contributed by atoms with Crippen LogP contribution < -0.4 is 15.5 Å². The van der Waals surface area contributed by atoms with E-state index in [1.807, 2.05) is 0 Å². The highest BCUT2D eigenvalue weighted by Gasteiger charge is 2.31. The summed E-state index contributed by atoms with van der Waals surface area (Å²) in [6.07, 6.45) is 3.71. The predicted octanol–water partition coefficient (Wildman–Crippen LogP) is 1.16. The number of carboxylic acids is 1. The molecule has 9 heteroatoms. The van der Waals surface area contributed by atoms with Crippen molar-refractivity contribution in [2.24, 2.45) is 7.05 Å². The van der Waals surface area contributed by atoms with E-state index in [4.69, 9.17) is 5.11 Å². The molecule has 148 valence electrons. The number of anilines is 1. The Hall–Kier alpha value is -3.36. The highest BCUT2D eigenvalue weighted by atomic mass is 16.4. The summed E-state index contributed by atoms with van der Waals surface area (Å²) in [5.41, 5.74) is 1.14. The van der Waals surface area contributed by atoms with Gasteiger partial charge in [-0.1, -0.05) is 12.1 Å². The Kier molecular flexibility index (Phi) is 5.93. The zero-order valence-corrected chi connectivity index (χ0v) is 15.6. The van der Waals surface area contributed by atoms with Crippen LogP contribution in [0, 0.1) is 0 Å². The van der Waals surface area contributed by atoms with Crippen molar-refractivity contribution in [3.8, 4) is 0 Å². The third-order valence-electron chi connectivity index (χ3n) is 4.62. The number of urea groups is 1. The first kappa shape index (κ1) is 19.4.